The second kappa shape index (κ2) is 7.75. The first-order chi connectivity index (χ1) is 19.3. The van der Waals surface area contributed by atoms with Crippen LogP contribution in [0.4, 0.5) is 0 Å². The number of rotatable bonds is 2. The lowest BCUT2D eigenvalue weighted by Gasteiger charge is -2.13. The average Bonchev–Trinajstić information content (AvgIpc) is 3.64. The Hall–Kier alpha value is -5.02. The van der Waals surface area contributed by atoms with Crippen LogP contribution in [0.15, 0.2) is 120 Å². The molecule has 1 aliphatic carbocycles. The molecule has 1 aliphatic rings. The number of para-hydroxylation sites is 3. The van der Waals surface area contributed by atoms with Gasteiger partial charge in [-0.3, -0.25) is 0 Å². The van der Waals surface area contributed by atoms with Gasteiger partial charge in [-0.25, -0.2) is 0 Å². The quantitative estimate of drug-likeness (QED) is 0.232. The molecule has 8 aromatic rings. The number of aromatic nitrogens is 2. The molecule has 184 valence electrons. The number of furan rings is 1. The Morgan fingerprint density at radius 2 is 1.05 bits per heavy atom. The van der Waals surface area contributed by atoms with E-state index in [2.05, 4.69) is 130 Å². The highest BCUT2D eigenvalue weighted by Gasteiger charge is 2.19. The zero-order valence-corrected chi connectivity index (χ0v) is 21.3. The fourth-order valence-electron chi connectivity index (χ4n) is 6.70. The standard InChI is InChI=1S/C36H24N2O/c1-5-13-31-25(9-1)26-10-2-6-14-32(26)37(31)23-17-19-35-29(21-23)30-22-24(18-20-36(30)39-35)38-33-15-7-3-11-27(33)28-12-4-8-16-34(28)38/h1-7,9-15,17-22H,8,16H2. The molecular weight excluding hydrogens is 476 g/mol. The SMILES string of the molecule is C1=Cc2c(n(-c3ccc4oc5ccc(-n6c7ccccc7c7ccccc76)cc5c4c3)c3ccccc23)CC1. The molecule has 39 heavy (non-hydrogen) atoms. The second-order valence-electron chi connectivity index (χ2n) is 10.5. The fraction of sp³-hybridized carbons (Fsp3) is 0.0556. The third-order valence-corrected chi connectivity index (χ3v) is 8.38. The Kier molecular flexibility index (Phi) is 4.17. The summed E-state index contributed by atoms with van der Waals surface area (Å²) < 4.78 is 11.2. The minimum atomic E-state index is 0.911. The van der Waals surface area contributed by atoms with Gasteiger partial charge in [0.1, 0.15) is 11.2 Å². The van der Waals surface area contributed by atoms with Gasteiger partial charge in [0.15, 0.2) is 0 Å². The lowest BCUT2D eigenvalue weighted by Crippen LogP contribution is -2.02. The van der Waals surface area contributed by atoms with Crippen molar-refractivity contribution in [2.45, 2.75) is 12.8 Å². The first-order valence-electron chi connectivity index (χ1n) is 13.6. The molecule has 0 unspecified atom stereocenters. The van der Waals surface area contributed by atoms with Gasteiger partial charge in [0.05, 0.1) is 16.6 Å². The van der Waals surface area contributed by atoms with Crippen LogP contribution in [-0.2, 0) is 6.42 Å². The molecule has 0 N–H and O–H groups in total. The fourth-order valence-corrected chi connectivity index (χ4v) is 6.70. The predicted octanol–water partition coefficient (Wildman–Crippen LogP) is 9.59. The van der Waals surface area contributed by atoms with Gasteiger partial charge in [-0.05, 0) is 67.4 Å². The molecule has 0 saturated carbocycles. The summed E-state index contributed by atoms with van der Waals surface area (Å²) in [5.74, 6) is 0. The Morgan fingerprint density at radius 3 is 1.69 bits per heavy atom. The van der Waals surface area contributed by atoms with E-state index < -0.39 is 0 Å². The van der Waals surface area contributed by atoms with E-state index in [4.69, 9.17) is 4.42 Å². The first kappa shape index (κ1) is 21.0. The first-order valence-corrected chi connectivity index (χ1v) is 13.6. The Morgan fingerprint density at radius 1 is 0.513 bits per heavy atom. The van der Waals surface area contributed by atoms with Crippen LogP contribution >= 0.6 is 0 Å². The normalized spacial score (nSPS) is 13.3. The summed E-state index contributed by atoms with van der Waals surface area (Å²) in [5, 5.41) is 6.13. The third-order valence-electron chi connectivity index (χ3n) is 8.38. The van der Waals surface area contributed by atoms with Gasteiger partial charge >= 0.3 is 0 Å². The van der Waals surface area contributed by atoms with E-state index in [0.29, 0.717) is 0 Å². The van der Waals surface area contributed by atoms with Crippen LogP contribution in [0.2, 0.25) is 0 Å². The highest BCUT2D eigenvalue weighted by molar-refractivity contribution is 6.10. The summed E-state index contributed by atoms with van der Waals surface area (Å²) >= 11 is 0. The van der Waals surface area contributed by atoms with Crippen molar-refractivity contribution in [3.63, 3.8) is 0 Å². The molecular formula is C36H24N2O. The van der Waals surface area contributed by atoms with E-state index in [-0.39, 0.29) is 0 Å². The minimum Gasteiger partial charge on any atom is -0.456 e. The average molecular weight is 501 g/mol. The van der Waals surface area contributed by atoms with Crippen molar-refractivity contribution < 1.29 is 4.42 Å². The van der Waals surface area contributed by atoms with Gasteiger partial charge in [-0.1, -0.05) is 66.7 Å². The van der Waals surface area contributed by atoms with Gasteiger partial charge in [-0.2, -0.15) is 0 Å². The highest BCUT2D eigenvalue weighted by Crippen LogP contribution is 2.38. The molecule has 3 aromatic heterocycles. The van der Waals surface area contributed by atoms with E-state index >= 15 is 0 Å². The van der Waals surface area contributed by atoms with Gasteiger partial charge in [0.25, 0.3) is 0 Å². The van der Waals surface area contributed by atoms with Crippen molar-refractivity contribution >= 4 is 60.7 Å². The van der Waals surface area contributed by atoms with E-state index in [0.717, 1.165) is 40.5 Å². The van der Waals surface area contributed by atoms with Gasteiger partial charge < -0.3 is 13.6 Å². The number of allylic oxidation sites excluding steroid dienone is 1. The van der Waals surface area contributed by atoms with Crippen LogP contribution in [0.25, 0.3) is 72.1 Å². The molecule has 0 bridgehead atoms. The van der Waals surface area contributed by atoms with Crippen LogP contribution < -0.4 is 0 Å². The van der Waals surface area contributed by atoms with Crippen LogP contribution in [0.3, 0.4) is 0 Å². The molecule has 9 rings (SSSR count). The number of fused-ring (bicyclic) bond motifs is 9. The number of benzene rings is 5. The van der Waals surface area contributed by atoms with E-state index in [1.165, 1.54) is 49.7 Å². The maximum atomic E-state index is 6.34. The highest BCUT2D eigenvalue weighted by atomic mass is 16.3. The van der Waals surface area contributed by atoms with Gasteiger partial charge in [0.2, 0.25) is 0 Å². The summed E-state index contributed by atoms with van der Waals surface area (Å²) in [5.41, 5.74) is 10.6. The van der Waals surface area contributed by atoms with Crippen LogP contribution in [0.5, 0.6) is 0 Å². The Bertz CT molecular complexity index is 2240. The van der Waals surface area contributed by atoms with Crippen molar-refractivity contribution in [2.24, 2.45) is 0 Å². The lowest BCUT2D eigenvalue weighted by molar-refractivity contribution is 0.668. The molecule has 0 atom stereocenters. The second-order valence-corrected chi connectivity index (χ2v) is 10.5. The maximum absolute atomic E-state index is 6.34. The summed E-state index contributed by atoms with van der Waals surface area (Å²) in [7, 11) is 0. The maximum Gasteiger partial charge on any atom is 0.135 e. The minimum absolute atomic E-state index is 0.911. The molecule has 0 amide bonds. The van der Waals surface area contributed by atoms with Gasteiger partial charge in [0, 0.05) is 49.6 Å². The van der Waals surface area contributed by atoms with E-state index in [1.807, 2.05) is 0 Å². The summed E-state index contributed by atoms with van der Waals surface area (Å²) in [6.07, 6.45) is 6.70. The molecule has 0 saturated heterocycles. The van der Waals surface area contributed by atoms with Crippen molar-refractivity contribution in [1.82, 2.24) is 9.13 Å². The zero-order chi connectivity index (χ0) is 25.5. The third kappa shape index (κ3) is 2.87. The molecule has 5 aromatic carbocycles. The van der Waals surface area contributed by atoms with Crippen molar-refractivity contribution in [3.05, 3.63) is 127 Å². The summed E-state index contributed by atoms with van der Waals surface area (Å²) in [4.78, 5) is 0. The molecule has 3 nitrogen and oxygen atoms in total. The molecule has 0 fully saturated rings. The van der Waals surface area contributed by atoms with Gasteiger partial charge in [-0.15, -0.1) is 0 Å². The van der Waals surface area contributed by atoms with Crippen LogP contribution in [0, 0.1) is 0 Å². The monoisotopic (exact) mass is 500 g/mol. The van der Waals surface area contributed by atoms with Crippen molar-refractivity contribution in [1.29, 1.82) is 0 Å². The zero-order valence-electron chi connectivity index (χ0n) is 21.3. The van der Waals surface area contributed by atoms with Crippen LogP contribution in [0.1, 0.15) is 17.7 Å². The molecule has 3 heteroatoms. The van der Waals surface area contributed by atoms with E-state index in [9.17, 15) is 0 Å². The van der Waals surface area contributed by atoms with Crippen LogP contribution in [-0.4, -0.2) is 9.13 Å². The smallest absolute Gasteiger partial charge is 0.135 e. The Labute approximate surface area is 224 Å². The number of hydrogen-bond donors (Lipinski definition) is 0. The number of nitrogens with zero attached hydrogens (tertiary/aromatic N) is 2. The lowest BCUT2D eigenvalue weighted by atomic mass is 10.0. The summed E-state index contributed by atoms with van der Waals surface area (Å²) in [6, 6.07) is 39.3. The Balaban J connectivity index is 1.31. The predicted molar refractivity (Wildman–Crippen MR) is 162 cm³/mol. The van der Waals surface area contributed by atoms with Crippen molar-refractivity contribution in [3.8, 4) is 11.4 Å². The van der Waals surface area contributed by atoms with Crippen molar-refractivity contribution in [2.75, 3.05) is 0 Å². The molecule has 0 aliphatic heterocycles. The van der Waals surface area contributed by atoms with E-state index in [1.54, 1.807) is 0 Å². The molecule has 3 heterocycles. The molecule has 0 radical (unpaired) electrons. The summed E-state index contributed by atoms with van der Waals surface area (Å²) in [6.45, 7) is 0. The molecule has 0 spiro atoms. The topological polar surface area (TPSA) is 23.0 Å². The number of hydrogen-bond acceptors (Lipinski definition) is 1. The largest absolute Gasteiger partial charge is 0.456 e.